The van der Waals surface area contributed by atoms with Crippen LogP contribution >= 0.6 is 0 Å². The van der Waals surface area contributed by atoms with E-state index in [0.29, 0.717) is 17.5 Å². The van der Waals surface area contributed by atoms with E-state index in [1.165, 1.54) is 27.1 Å². The zero-order chi connectivity index (χ0) is 35.8. The summed E-state index contributed by atoms with van der Waals surface area (Å²) in [5.74, 6) is 1.87. The Hall–Kier alpha value is -7.37. The van der Waals surface area contributed by atoms with Gasteiger partial charge in [0.1, 0.15) is 0 Å². The summed E-state index contributed by atoms with van der Waals surface area (Å²) < 4.78 is 0. The fourth-order valence-corrected chi connectivity index (χ4v) is 7.22. The van der Waals surface area contributed by atoms with Gasteiger partial charge in [-0.3, -0.25) is 0 Å². The number of hydrogen-bond donors (Lipinski definition) is 0. The number of para-hydroxylation sites is 2. The average molecular weight is 690 g/mol. The second-order valence-corrected chi connectivity index (χ2v) is 13.3. The maximum absolute atomic E-state index is 5.19. The molecule has 8 aromatic carbocycles. The van der Waals surface area contributed by atoms with E-state index >= 15 is 0 Å². The third-order valence-electron chi connectivity index (χ3n) is 9.92. The van der Waals surface area contributed by atoms with E-state index in [2.05, 4.69) is 103 Å². The number of aromatic nitrogens is 5. The Bertz CT molecular complexity index is 2900. The van der Waals surface area contributed by atoms with Gasteiger partial charge in [0.05, 0.1) is 22.4 Å². The van der Waals surface area contributed by atoms with Gasteiger partial charge in [0.15, 0.2) is 17.5 Å². The lowest BCUT2D eigenvalue weighted by atomic mass is 9.92. The third kappa shape index (κ3) is 5.74. The molecule has 5 heteroatoms. The van der Waals surface area contributed by atoms with Crippen LogP contribution in [0.15, 0.2) is 188 Å². The SMILES string of the molecule is c1ccc(-c2nc(-c3ccccc3)nc(-c3ccc(-c4nc5ccccc5nc4-c4ccc(-c5cc6ccccc6c6ccccc56)cc4)cc3)n2)cc1. The van der Waals surface area contributed by atoms with Crippen molar-refractivity contribution in [1.82, 2.24) is 24.9 Å². The van der Waals surface area contributed by atoms with Crippen molar-refractivity contribution in [3.63, 3.8) is 0 Å². The first kappa shape index (κ1) is 31.4. The Balaban J connectivity index is 1.06. The predicted octanol–water partition coefficient (Wildman–Crippen LogP) is 12.1. The smallest absolute Gasteiger partial charge is 0.164 e. The number of rotatable bonds is 6. The standard InChI is InChI=1S/C49H31N5/c1-3-13-35(14-4-1)47-52-48(36-15-5-2-6-16-36)54-49(53-47)37-29-27-34(28-30-37)46-45(50-43-21-11-12-22-44(43)51-46)33-25-23-32(24-26-33)42-31-38-17-7-8-18-39(38)40-19-9-10-20-41(40)42/h1-31H. The molecule has 0 bridgehead atoms. The van der Waals surface area contributed by atoms with Crippen LogP contribution in [0.2, 0.25) is 0 Å². The highest BCUT2D eigenvalue weighted by molar-refractivity contribution is 6.13. The predicted molar refractivity (Wildman–Crippen MR) is 221 cm³/mol. The van der Waals surface area contributed by atoms with Crippen LogP contribution in [0.5, 0.6) is 0 Å². The van der Waals surface area contributed by atoms with Crippen molar-refractivity contribution < 1.29 is 0 Å². The normalized spacial score (nSPS) is 11.3. The van der Waals surface area contributed by atoms with Crippen molar-refractivity contribution in [1.29, 1.82) is 0 Å². The molecule has 0 amide bonds. The largest absolute Gasteiger partial charge is 0.244 e. The van der Waals surface area contributed by atoms with Gasteiger partial charge in [0, 0.05) is 27.8 Å². The van der Waals surface area contributed by atoms with Crippen LogP contribution in [0, 0.1) is 0 Å². The van der Waals surface area contributed by atoms with Crippen LogP contribution in [0.1, 0.15) is 0 Å². The molecule has 0 radical (unpaired) electrons. The lowest BCUT2D eigenvalue weighted by Crippen LogP contribution is -2.00. The van der Waals surface area contributed by atoms with E-state index in [9.17, 15) is 0 Å². The Morgan fingerprint density at radius 2 is 0.648 bits per heavy atom. The lowest BCUT2D eigenvalue weighted by molar-refractivity contribution is 1.07. The van der Waals surface area contributed by atoms with E-state index in [4.69, 9.17) is 24.9 Å². The minimum Gasteiger partial charge on any atom is -0.244 e. The van der Waals surface area contributed by atoms with E-state index in [0.717, 1.165) is 55.8 Å². The third-order valence-corrected chi connectivity index (χ3v) is 9.92. The quantitative estimate of drug-likeness (QED) is 0.163. The second-order valence-electron chi connectivity index (χ2n) is 13.3. The van der Waals surface area contributed by atoms with Gasteiger partial charge in [-0.2, -0.15) is 0 Å². The highest BCUT2D eigenvalue weighted by atomic mass is 15.0. The Morgan fingerprint density at radius 3 is 1.19 bits per heavy atom. The second kappa shape index (κ2) is 13.3. The van der Waals surface area contributed by atoms with Gasteiger partial charge < -0.3 is 0 Å². The molecule has 0 unspecified atom stereocenters. The first-order chi connectivity index (χ1) is 26.7. The Morgan fingerprint density at radius 1 is 0.259 bits per heavy atom. The van der Waals surface area contributed by atoms with E-state index in [1.54, 1.807) is 0 Å². The zero-order valence-electron chi connectivity index (χ0n) is 29.1. The molecule has 2 heterocycles. The van der Waals surface area contributed by atoms with Crippen molar-refractivity contribution >= 4 is 32.6 Å². The zero-order valence-corrected chi connectivity index (χ0v) is 29.1. The molecule has 0 saturated heterocycles. The molecule has 54 heavy (non-hydrogen) atoms. The summed E-state index contributed by atoms with van der Waals surface area (Å²) in [6.45, 7) is 0. The first-order valence-electron chi connectivity index (χ1n) is 18.0. The molecule has 0 aliphatic rings. The van der Waals surface area contributed by atoms with Crippen molar-refractivity contribution in [3.8, 4) is 67.8 Å². The van der Waals surface area contributed by atoms with Crippen LogP contribution in [0.3, 0.4) is 0 Å². The minimum atomic E-state index is 0.607. The molecule has 0 spiro atoms. The number of fused-ring (bicyclic) bond motifs is 4. The monoisotopic (exact) mass is 689 g/mol. The molecule has 0 aliphatic carbocycles. The van der Waals surface area contributed by atoms with Crippen molar-refractivity contribution in [2.75, 3.05) is 0 Å². The van der Waals surface area contributed by atoms with E-state index < -0.39 is 0 Å². The van der Waals surface area contributed by atoms with Crippen LogP contribution in [0.25, 0.3) is 100 Å². The summed E-state index contributed by atoms with van der Waals surface area (Å²) in [6, 6.07) is 64.7. The Labute approximate surface area is 312 Å². The minimum absolute atomic E-state index is 0.607. The number of nitrogens with zero attached hydrogens (tertiary/aromatic N) is 5. The van der Waals surface area contributed by atoms with Crippen LogP contribution in [-0.2, 0) is 0 Å². The first-order valence-corrected chi connectivity index (χ1v) is 18.0. The van der Waals surface area contributed by atoms with Crippen LogP contribution in [0.4, 0.5) is 0 Å². The number of hydrogen-bond acceptors (Lipinski definition) is 5. The van der Waals surface area contributed by atoms with Crippen LogP contribution < -0.4 is 0 Å². The summed E-state index contributed by atoms with van der Waals surface area (Å²) in [4.78, 5) is 25.1. The summed E-state index contributed by atoms with van der Waals surface area (Å²) in [7, 11) is 0. The van der Waals surface area contributed by atoms with Crippen molar-refractivity contribution in [2.45, 2.75) is 0 Å². The molecule has 0 N–H and O–H groups in total. The van der Waals surface area contributed by atoms with Gasteiger partial charge in [-0.1, -0.05) is 170 Å². The maximum atomic E-state index is 5.19. The van der Waals surface area contributed by atoms with E-state index in [1.807, 2.05) is 84.9 Å². The van der Waals surface area contributed by atoms with Crippen molar-refractivity contribution in [3.05, 3.63) is 188 Å². The summed E-state index contributed by atoms with van der Waals surface area (Å²) in [6.07, 6.45) is 0. The van der Waals surface area contributed by atoms with Gasteiger partial charge >= 0.3 is 0 Å². The fraction of sp³-hybridized carbons (Fsp3) is 0. The van der Waals surface area contributed by atoms with Gasteiger partial charge in [0.2, 0.25) is 0 Å². The number of benzene rings is 8. The fourth-order valence-electron chi connectivity index (χ4n) is 7.22. The molecule has 0 atom stereocenters. The molecule has 0 saturated carbocycles. The molecule has 252 valence electrons. The molecule has 10 aromatic rings. The molecular weight excluding hydrogens is 659 g/mol. The van der Waals surface area contributed by atoms with Gasteiger partial charge in [0.25, 0.3) is 0 Å². The molecule has 5 nitrogen and oxygen atoms in total. The molecule has 10 rings (SSSR count). The summed E-state index contributed by atoms with van der Waals surface area (Å²) in [5, 5.41) is 4.98. The van der Waals surface area contributed by atoms with Gasteiger partial charge in [-0.25, -0.2) is 24.9 Å². The van der Waals surface area contributed by atoms with Gasteiger partial charge in [-0.15, -0.1) is 0 Å². The highest BCUT2D eigenvalue weighted by Crippen LogP contribution is 2.37. The topological polar surface area (TPSA) is 64.5 Å². The summed E-state index contributed by atoms with van der Waals surface area (Å²) >= 11 is 0. The lowest BCUT2D eigenvalue weighted by Gasteiger charge is -2.13. The molecule has 0 aliphatic heterocycles. The van der Waals surface area contributed by atoms with Crippen molar-refractivity contribution in [2.24, 2.45) is 0 Å². The maximum Gasteiger partial charge on any atom is 0.164 e. The average Bonchev–Trinajstić information content (AvgIpc) is 3.26. The highest BCUT2D eigenvalue weighted by Gasteiger charge is 2.17. The van der Waals surface area contributed by atoms with E-state index in [-0.39, 0.29) is 0 Å². The summed E-state index contributed by atoms with van der Waals surface area (Å²) in [5.41, 5.74) is 10.4. The van der Waals surface area contributed by atoms with Gasteiger partial charge in [-0.05, 0) is 50.9 Å². The molecule has 0 fully saturated rings. The van der Waals surface area contributed by atoms with Crippen LogP contribution in [-0.4, -0.2) is 24.9 Å². The molecular formula is C49H31N5. The Kier molecular flexibility index (Phi) is 7.73. The molecule has 2 aromatic heterocycles.